The van der Waals surface area contributed by atoms with Gasteiger partial charge < -0.3 is 9.97 Å². The molecule has 8 nitrogen and oxygen atoms in total. The van der Waals surface area contributed by atoms with Crippen molar-refractivity contribution in [2.75, 3.05) is 0 Å². The Morgan fingerprint density at radius 3 is 0.747 bits per heavy atom. The topological polar surface area (TPSA) is 109 Å². The van der Waals surface area contributed by atoms with Crippen molar-refractivity contribution in [1.29, 1.82) is 0 Å². The Balaban J connectivity index is 1.34. The van der Waals surface area contributed by atoms with E-state index in [1.807, 2.05) is 0 Å². The second-order valence-electron chi connectivity index (χ2n) is 26.3. The van der Waals surface area contributed by atoms with Gasteiger partial charge in [0.25, 0.3) is 0 Å². The number of aromatic amines is 2. The van der Waals surface area contributed by atoms with Crippen LogP contribution in [0.3, 0.4) is 0 Å². The van der Waals surface area contributed by atoms with Crippen molar-refractivity contribution in [3.05, 3.63) is 80.5 Å². The van der Waals surface area contributed by atoms with E-state index in [1.54, 1.807) is 11.3 Å². The quantitative estimate of drug-likeness (QED) is 0.0369. The highest BCUT2D eigenvalue weighted by atomic mass is 32.1. The van der Waals surface area contributed by atoms with Crippen LogP contribution in [0.2, 0.25) is 0 Å². The molecule has 0 atom stereocenters. The molecule has 2 aliphatic rings. The molecule has 0 amide bonds. The van der Waals surface area contributed by atoms with Crippen molar-refractivity contribution in [2.45, 2.75) is 311 Å². The van der Waals surface area contributed by atoms with Crippen LogP contribution in [0, 0.1) is 0 Å². The smallest absolute Gasteiger partial charge is 0.165 e. The number of aromatic nitrogens is 8. The van der Waals surface area contributed by atoms with Gasteiger partial charge in [-0.05, 0) is 110 Å². The lowest BCUT2D eigenvalue weighted by molar-refractivity contribution is 0.606. The van der Waals surface area contributed by atoms with Crippen LogP contribution in [-0.4, -0.2) is 39.9 Å². The predicted octanol–water partition coefficient (Wildman–Crippen LogP) is 24.3. The fraction of sp³-hybridized carbons (Fsp3) is 0.615. The van der Waals surface area contributed by atoms with Crippen LogP contribution in [0.1, 0.15) is 306 Å². The highest BCUT2D eigenvalue weighted by Crippen LogP contribution is 2.44. The van der Waals surface area contributed by atoms with Gasteiger partial charge >= 0.3 is 0 Å². The molecule has 0 saturated heterocycles. The van der Waals surface area contributed by atoms with Crippen LogP contribution in [-0.2, 0) is 38.5 Å². The minimum atomic E-state index is 0.718. The average molecular weight is 1190 g/mol. The fourth-order valence-corrected chi connectivity index (χ4v) is 14.9. The van der Waals surface area contributed by atoms with E-state index in [4.69, 9.17) is 29.9 Å². The van der Waals surface area contributed by atoms with E-state index < -0.39 is 0 Å². The Bertz CT molecular complexity index is 3180. The molecule has 4 aromatic heterocycles. The van der Waals surface area contributed by atoms with Gasteiger partial charge in [-0.2, -0.15) is 11.3 Å². The molecule has 0 fully saturated rings. The van der Waals surface area contributed by atoms with Crippen LogP contribution in [0.4, 0.5) is 0 Å². The first kappa shape index (κ1) is 66.1. The first-order valence-corrected chi connectivity index (χ1v) is 37.3. The number of hydrogen-bond acceptors (Lipinski definition) is 7. The number of hydrogen-bond donors (Lipinski definition) is 2. The zero-order valence-corrected chi connectivity index (χ0v) is 56.2. The molecule has 9 heteroatoms. The number of thiophene rings is 1. The van der Waals surface area contributed by atoms with Crippen LogP contribution in [0.25, 0.3) is 89.7 Å². The van der Waals surface area contributed by atoms with Gasteiger partial charge in [0.05, 0.1) is 0 Å². The molecular formula is C78H112N8S. The fourth-order valence-electron chi connectivity index (χ4n) is 14.1. The van der Waals surface area contributed by atoms with Gasteiger partial charge in [0.1, 0.15) is 22.6 Å². The number of unbranched alkanes of at least 4 members (excludes halogenated alkanes) is 30. The van der Waals surface area contributed by atoms with Gasteiger partial charge in [-0.1, -0.05) is 271 Å². The molecule has 2 N–H and O–H groups in total. The summed E-state index contributed by atoms with van der Waals surface area (Å²) in [5, 5.41) is 9.29. The molecule has 87 heavy (non-hydrogen) atoms. The second kappa shape index (κ2) is 35.8. The number of H-pyrrole nitrogens is 2. The monoisotopic (exact) mass is 1190 g/mol. The van der Waals surface area contributed by atoms with Gasteiger partial charge in [0, 0.05) is 54.6 Å². The van der Waals surface area contributed by atoms with E-state index >= 15 is 0 Å². The van der Waals surface area contributed by atoms with Gasteiger partial charge in [-0.3, -0.25) is 0 Å². The Labute approximate surface area is 529 Å². The lowest BCUT2D eigenvalue weighted by Crippen LogP contribution is -1.98. The molecule has 3 aromatic carbocycles. The Morgan fingerprint density at radius 1 is 0.253 bits per heavy atom. The largest absolute Gasteiger partial charge is 0.324 e. The number of benzene rings is 3. The Kier molecular flexibility index (Phi) is 27.2. The van der Waals surface area contributed by atoms with Crippen molar-refractivity contribution in [3.8, 4) is 45.6 Å². The maximum atomic E-state index is 5.97. The van der Waals surface area contributed by atoms with E-state index in [0.29, 0.717) is 0 Å². The van der Waals surface area contributed by atoms with Crippen LogP contribution in [0.15, 0.2) is 47.2 Å². The van der Waals surface area contributed by atoms with E-state index in [9.17, 15) is 0 Å². The molecule has 9 rings (SSSR count). The highest BCUT2D eigenvalue weighted by molar-refractivity contribution is 7.08. The molecule has 0 unspecified atom stereocenters. The van der Waals surface area contributed by atoms with Crippen molar-refractivity contribution < 1.29 is 0 Å². The Morgan fingerprint density at radius 2 is 0.471 bits per heavy atom. The van der Waals surface area contributed by atoms with Crippen molar-refractivity contribution >= 4 is 55.5 Å². The SMILES string of the molecule is CCCCCCCCc1ccc(CCCCCCCC)c2c1-c1nc-2nc2[nH]c(nc3nc(nc4[nH]c(n1)c1c(CCCCCCCC)ccc(CCCCCCCC)c41)-c1cscc1-3)c1c(CCCCCCCC)ccc(CCCCCCCC)c21. The normalized spacial score (nSPS) is 12.1. The molecule has 6 heterocycles. The molecule has 0 spiro atoms. The van der Waals surface area contributed by atoms with Crippen LogP contribution in [0.5, 0.6) is 0 Å². The molecule has 8 bridgehead atoms. The van der Waals surface area contributed by atoms with Gasteiger partial charge in [0.2, 0.25) is 0 Å². The summed E-state index contributed by atoms with van der Waals surface area (Å²) in [6.45, 7) is 13.9. The van der Waals surface area contributed by atoms with E-state index in [1.165, 1.54) is 259 Å². The standard InChI is InChI=1S/C78H112N8S/c1-7-13-19-25-31-37-43-57-49-51-59(45-39-33-27-21-15-9-3)67-65(57)73-80-71-63-55-87-56-64(63)72(79-71)81-74-66-58(44-38-32-26-20-14-8-2)50-52-60(46-40-34-28-22-16-10-4)68(66)76(83-74)85-78-70-62(48-42-36-30-24-18-12-6)54-53-61(47-41-35-29-23-17-11-5)69(70)77(86-78)84-75(67)82-73/h49-56H,7-48H2,1-6H3,(H2,79,80,81,82,83,84,85,86). The number of nitrogens with zero attached hydrogens (tertiary/aromatic N) is 6. The second-order valence-corrected chi connectivity index (χ2v) is 27.1. The third kappa shape index (κ3) is 17.8. The average Bonchev–Trinajstić information content (AvgIpc) is 1.85. The number of nitrogens with one attached hydrogen (secondary N) is 2. The lowest BCUT2D eigenvalue weighted by atomic mass is 9.91. The summed E-state index contributed by atoms with van der Waals surface area (Å²) in [6.07, 6.45) is 51.2. The summed E-state index contributed by atoms with van der Waals surface area (Å²) >= 11 is 1.72. The number of aryl methyl sites for hydroxylation is 6. The minimum Gasteiger partial charge on any atom is -0.324 e. The summed E-state index contributed by atoms with van der Waals surface area (Å²) < 4.78 is 0. The zero-order valence-electron chi connectivity index (χ0n) is 55.4. The van der Waals surface area contributed by atoms with Crippen LogP contribution < -0.4 is 0 Å². The molecule has 470 valence electrons. The summed E-state index contributed by atoms with van der Waals surface area (Å²) in [6, 6.07) is 14.7. The van der Waals surface area contributed by atoms with Crippen molar-refractivity contribution in [3.63, 3.8) is 0 Å². The third-order valence-electron chi connectivity index (χ3n) is 19.2. The molecule has 7 aromatic rings. The first-order valence-electron chi connectivity index (χ1n) is 36.3. The molecule has 0 aliphatic carbocycles. The van der Waals surface area contributed by atoms with Crippen LogP contribution >= 0.6 is 11.3 Å². The van der Waals surface area contributed by atoms with Gasteiger partial charge in [0.15, 0.2) is 23.3 Å². The van der Waals surface area contributed by atoms with Gasteiger partial charge in [-0.15, -0.1) is 0 Å². The molecular weight excluding hydrogens is 1080 g/mol. The predicted molar refractivity (Wildman–Crippen MR) is 376 cm³/mol. The number of rotatable bonds is 42. The van der Waals surface area contributed by atoms with Crippen molar-refractivity contribution in [1.82, 2.24) is 39.9 Å². The van der Waals surface area contributed by atoms with E-state index in [0.717, 1.165) is 134 Å². The lowest BCUT2D eigenvalue weighted by Gasteiger charge is -2.13. The minimum absolute atomic E-state index is 0.718. The molecule has 0 radical (unpaired) electrons. The summed E-state index contributed by atoms with van der Waals surface area (Å²) in [4.78, 5) is 42.7. The van der Waals surface area contributed by atoms with Crippen molar-refractivity contribution in [2.24, 2.45) is 0 Å². The molecule has 2 aliphatic heterocycles. The van der Waals surface area contributed by atoms with E-state index in [2.05, 4.69) is 98.7 Å². The maximum Gasteiger partial charge on any atom is 0.165 e. The first-order chi connectivity index (χ1) is 43.0. The Hall–Kier alpha value is -5.28. The zero-order chi connectivity index (χ0) is 60.4. The van der Waals surface area contributed by atoms with Gasteiger partial charge in [-0.25, -0.2) is 29.9 Å². The van der Waals surface area contributed by atoms with E-state index in [-0.39, 0.29) is 0 Å². The maximum absolute atomic E-state index is 5.97. The summed E-state index contributed by atoms with van der Waals surface area (Å²) in [5.74, 6) is 3.01. The summed E-state index contributed by atoms with van der Waals surface area (Å²) in [5.41, 5.74) is 16.0. The molecule has 0 saturated carbocycles. The highest BCUT2D eigenvalue weighted by Gasteiger charge is 2.28. The third-order valence-corrected chi connectivity index (χ3v) is 20.0. The number of fused-ring (bicyclic) bond motifs is 20. The summed E-state index contributed by atoms with van der Waals surface area (Å²) in [7, 11) is 0.